The van der Waals surface area contributed by atoms with Crippen LogP contribution in [0.1, 0.15) is 11.5 Å². The van der Waals surface area contributed by atoms with E-state index in [-0.39, 0.29) is 24.2 Å². The predicted molar refractivity (Wildman–Crippen MR) is 54.6 cm³/mol. The van der Waals surface area contributed by atoms with E-state index in [9.17, 15) is 13.2 Å². The quantitative estimate of drug-likeness (QED) is 0.854. The maximum Gasteiger partial charge on any atom is 0.433 e. The van der Waals surface area contributed by atoms with Crippen molar-refractivity contribution in [2.75, 3.05) is 24.6 Å². The lowest BCUT2D eigenvalue weighted by Crippen LogP contribution is -2.49. The van der Waals surface area contributed by atoms with Crippen molar-refractivity contribution in [2.45, 2.75) is 13.1 Å². The van der Waals surface area contributed by atoms with Crippen molar-refractivity contribution in [1.82, 2.24) is 9.97 Å². The van der Waals surface area contributed by atoms with Gasteiger partial charge >= 0.3 is 6.18 Å². The van der Waals surface area contributed by atoms with Gasteiger partial charge in [-0.25, -0.2) is 9.97 Å². The van der Waals surface area contributed by atoms with E-state index in [0.717, 1.165) is 6.07 Å². The van der Waals surface area contributed by atoms with E-state index in [4.69, 9.17) is 5.11 Å². The summed E-state index contributed by atoms with van der Waals surface area (Å²) in [6.07, 6.45) is -4.45. The standard InChI is InChI=1S/C10H12F3N3O/c1-6-14-8(10(11,12)13)2-9(15-6)16-3-7(4-16)5-17/h2,7,17H,3-5H2,1H3. The van der Waals surface area contributed by atoms with Gasteiger partial charge in [0.05, 0.1) is 0 Å². The molecule has 0 amide bonds. The molecule has 0 saturated carbocycles. The third-order valence-electron chi connectivity index (χ3n) is 2.65. The minimum absolute atomic E-state index is 0.0483. The summed E-state index contributed by atoms with van der Waals surface area (Å²) < 4.78 is 37.6. The van der Waals surface area contributed by atoms with Crippen molar-refractivity contribution in [1.29, 1.82) is 0 Å². The number of anilines is 1. The number of aromatic nitrogens is 2. The molecule has 0 unspecified atom stereocenters. The number of aliphatic hydroxyl groups is 1. The summed E-state index contributed by atoms with van der Waals surface area (Å²) in [5.74, 6) is 0.497. The number of alkyl halides is 3. The molecular weight excluding hydrogens is 235 g/mol. The van der Waals surface area contributed by atoms with Crippen LogP contribution in [0.2, 0.25) is 0 Å². The Bertz CT molecular complexity index is 416. The smallest absolute Gasteiger partial charge is 0.396 e. The first-order valence-corrected chi connectivity index (χ1v) is 5.19. The molecular formula is C10H12F3N3O. The Morgan fingerprint density at radius 2 is 2.06 bits per heavy atom. The van der Waals surface area contributed by atoms with Gasteiger partial charge in [-0.05, 0) is 6.92 Å². The molecule has 0 radical (unpaired) electrons. The minimum Gasteiger partial charge on any atom is -0.396 e. The van der Waals surface area contributed by atoms with Gasteiger partial charge in [-0.1, -0.05) is 0 Å². The third kappa shape index (κ3) is 2.49. The number of hydrogen-bond acceptors (Lipinski definition) is 4. The van der Waals surface area contributed by atoms with Gasteiger partial charge in [-0.3, -0.25) is 0 Å². The highest BCUT2D eigenvalue weighted by Crippen LogP contribution is 2.31. The number of rotatable bonds is 2. The van der Waals surface area contributed by atoms with Gasteiger partial charge in [0.2, 0.25) is 0 Å². The minimum atomic E-state index is -4.45. The molecule has 0 spiro atoms. The highest BCUT2D eigenvalue weighted by Gasteiger charge is 2.35. The zero-order valence-corrected chi connectivity index (χ0v) is 9.20. The molecule has 0 bridgehead atoms. The van der Waals surface area contributed by atoms with Gasteiger partial charge in [0, 0.05) is 31.7 Å². The second kappa shape index (κ2) is 4.14. The van der Waals surface area contributed by atoms with Crippen molar-refractivity contribution in [3.63, 3.8) is 0 Å². The molecule has 0 atom stereocenters. The van der Waals surface area contributed by atoms with Crippen molar-refractivity contribution < 1.29 is 18.3 Å². The van der Waals surface area contributed by atoms with E-state index >= 15 is 0 Å². The Kier molecular flexibility index (Phi) is 2.94. The molecule has 1 fully saturated rings. The van der Waals surface area contributed by atoms with Crippen LogP contribution in [0.3, 0.4) is 0 Å². The van der Waals surface area contributed by atoms with E-state index < -0.39 is 11.9 Å². The number of hydrogen-bond donors (Lipinski definition) is 1. The molecule has 4 nitrogen and oxygen atoms in total. The maximum atomic E-state index is 12.5. The summed E-state index contributed by atoms with van der Waals surface area (Å²) in [6.45, 7) is 2.54. The topological polar surface area (TPSA) is 49.2 Å². The molecule has 2 rings (SSSR count). The van der Waals surface area contributed by atoms with Crippen LogP contribution in [0, 0.1) is 12.8 Å². The Labute approximate surface area is 96.1 Å². The molecule has 1 saturated heterocycles. The summed E-state index contributed by atoms with van der Waals surface area (Å²) >= 11 is 0. The van der Waals surface area contributed by atoms with E-state index in [1.165, 1.54) is 6.92 Å². The fourth-order valence-electron chi connectivity index (χ4n) is 1.73. The van der Waals surface area contributed by atoms with E-state index in [1.807, 2.05) is 0 Å². The summed E-state index contributed by atoms with van der Waals surface area (Å²) in [5, 5.41) is 8.85. The highest BCUT2D eigenvalue weighted by atomic mass is 19.4. The molecule has 7 heteroatoms. The molecule has 17 heavy (non-hydrogen) atoms. The predicted octanol–water partition coefficient (Wildman–Crippen LogP) is 1.23. The van der Waals surface area contributed by atoms with Crippen LogP contribution < -0.4 is 4.90 Å². The SMILES string of the molecule is Cc1nc(N2CC(CO)C2)cc(C(F)(F)F)n1. The second-order valence-corrected chi connectivity index (χ2v) is 4.11. The van der Waals surface area contributed by atoms with Crippen LogP contribution in [0.5, 0.6) is 0 Å². The zero-order valence-electron chi connectivity index (χ0n) is 9.20. The van der Waals surface area contributed by atoms with Gasteiger partial charge in [0.25, 0.3) is 0 Å². The first-order chi connectivity index (χ1) is 7.90. The zero-order chi connectivity index (χ0) is 12.6. The first kappa shape index (κ1) is 12.1. The Hall–Kier alpha value is -1.37. The molecule has 1 N–H and O–H groups in total. The van der Waals surface area contributed by atoms with Gasteiger partial charge < -0.3 is 10.0 Å². The van der Waals surface area contributed by atoms with Gasteiger partial charge in [0.1, 0.15) is 17.3 Å². The van der Waals surface area contributed by atoms with Crippen LogP contribution in [0.15, 0.2) is 6.07 Å². The normalized spacial score (nSPS) is 17.1. The first-order valence-electron chi connectivity index (χ1n) is 5.19. The van der Waals surface area contributed by atoms with Crippen molar-refractivity contribution in [3.8, 4) is 0 Å². The van der Waals surface area contributed by atoms with E-state index in [0.29, 0.717) is 13.1 Å². The molecule has 1 aromatic heterocycles. The van der Waals surface area contributed by atoms with Crippen LogP contribution in [-0.4, -0.2) is 34.8 Å². The highest BCUT2D eigenvalue weighted by molar-refractivity contribution is 5.43. The fraction of sp³-hybridized carbons (Fsp3) is 0.600. The lowest BCUT2D eigenvalue weighted by Gasteiger charge is -2.39. The van der Waals surface area contributed by atoms with Gasteiger partial charge in [0.15, 0.2) is 0 Å². The molecule has 1 aliphatic rings. The number of nitrogens with zero attached hydrogens (tertiary/aromatic N) is 3. The van der Waals surface area contributed by atoms with Crippen molar-refractivity contribution in [3.05, 3.63) is 17.6 Å². The summed E-state index contributed by atoms with van der Waals surface area (Å²) in [7, 11) is 0. The fourth-order valence-corrected chi connectivity index (χ4v) is 1.73. The molecule has 0 aromatic carbocycles. The Balaban J connectivity index is 2.22. The third-order valence-corrected chi connectivity index (χ3v) is 2.65. The van der Waals surface area contributed by atoms with Crippen LogP contribution >= 0.6 is 0 Å². The number of aliphatic hydroxyl groups excluding tert-OH is 1. The number of aryl methyl sites for hydroxylation is 1. The van der Waals surface area contributed by atoms with Crippen molar-refractivity contribution in [2.24, 2.45) is 5.92 Å². The maximum absolute atomic E-state index is 12.5. The van der Waals surface area contributed by atoms with Crippen LogP contribution in [0.25, 0.3) is 0 Å². The molecule has 1 aliphatic heterocycles. The lowest BCUT2D eigenvalue weighted by molar-refractivity contribution is -0.141. The number of halogens is 3. The largest absolute Gasteiger partial charge is 0.433 e. The molecule has 2 heterocycles. The summed E-state index contributed by atoms with van der Waals surface area (Å²) in [6, 6.07) is 0.945. The average molecular weight is 247 g/mol. The Morgan fingerprint density at radius 3 is 2.59 bits per heavy atom. The van der Waals surface area contributed by atoms with Gasteiger partial charge in [-0.15, -0.1) is 0 Å². The molecule has 1 aromatic rings. The lowest BCUT2D eigenvalue weighted by atomic mass is 10.0. The van der Waals surface area contributed by atoms with Crippen LogP contribution in [0.4, 0.5) is 19.0 Å². The monoisotopic (exact) mass is 247 g/mol. The molecule has 0 aliphatic carbocycles. The summed E-state index contributed by atoms with van der Waals surface area (Å²) in [4.78, 5) is 9.04. The van der Waals surface area contributed by atoms with Gasteiger partial charge in [-0.2, -0.15) is 13.2 Å². The van der Waals surface area contributed by atoms with E-state index in [2.05, 4.69) is 9.97 Å². The average Bonchev–Trinajstić information content (AvgIpc) is 2.13. The second-order valence-electron chi connectivity index (χ2n) is 4.11. The summed E-state index contributed by atoms with van der Waals surface area (Å²) in [5.41, 5.74) is -0.924. The Morgan fingerprint density at radius 1 is 1.41 bits per heavy atom. The molecule has 94 valence electrons. The van der Waals surface area contributed by atoms with Crippen LogP contribution in [-0.2, 0) is 6.18 Å². The van der Waals surface area contributed by atoms with Crippen molar-refractivity contribution >= 4 is 5.82 Å². The van der Waals surface area contributed by atoms with E-state index in [1.54, 1.807) is 4.90 Å².